The van der Waals surface area contributed by atoms with Crippen LogP contribution in [0.15, 0.2) is 43.0 Å². The lowest BCUT2D eigenvalue weighted by Gasteiger charge is -2.04. The first kappa shape index (κ1) is 12.2. The van der Waals surface area contributed by atoms with Crippen LogP contribution < -0.4 is 5.32 Å². The minimum atomic E-state index is -0.417. The number of carbonyl (C=O) groups is 1. The van der Waals surface area contributed by atoms with Gasteiger partial charge in [0.2, 0.25) is 0 Å². The fourth-order valence-corrected chi connectivity index (χ4v) is 1.51. The third-order valence-corrected chi connectivity index (χ3v) is 2.40. The second-order valence-electron chi connectivity index (χ2n) is 3.76. The number of rotatable bonds is 4. The van der Waals surface area contributed by atoms with Crippen LogP contribution >= 0.6 is 0 Å². The molecule has 92 valence electrons. The molecule has 18 heavy (non-hydrogen) atoms. The number of nitrogens with zero attached hydrogens (tertiary/aromatic N) is 2. The summed E-state index contributed by atoms with van der Waals surface area (Å²) in [6.45, 7) is 0.461. The fraction of sp³-hybridized carbons (Fsp3) is 0.154. The zero-order valence-electron chi connectivity index (χ0n) is 9.64. The summed E-state index contributed by atoms with van der Waals surface area (Å²) in [5.74, 6) is -0.703. The quantitative estimate of drug-likeness (QED) is 0.889. The molecule has 1 aromatic carbocycles. The summed E-state index contributed by atoms with van der Waals surface area (Å²) in [6.07, 6.45) is 5.49. The molecule has 0 aliphatic rings. The number of nitrogens with one attached hydrogen (secondary N) is 1. The van der Waals surface area contributed by atoms with Crippen LogP contribution in [-0.4, -0.2) is 22.4 Å². The molecule has 4 nitrogen and oxygen atoms in total. The number of hydrogen-bond acceptors (Lipinski definition) is 3. The monoisotopic (exact) mass is 245 g/mol. The lowest BCUT2D eigenvalue weighted by molar-refractivity contribution is 0.0953. The summed E-state index contributed by atoms with van der Waals surface area (Å²) in [7, 11) is 0. The minimum absolute atomic E-state index is 0.286. The smallest absolute Gasteiger partial charge is 0.251 e. The summed E-state index contributed by atoms with van der Waals surface area (Å²) < 4.78 is 12.9. The first-order valence-corrected chi connectivity index (χ1v) is 5.53. The summed E-state index contributed by atoms with van der Waals surface area (Å²) in [4.78, 5) is 19.4. The molecule has 0 atom stereocenters. The van der Waals surface area contributed by atoms with Crippen molar-refractivity contribution < 1.29 is 9.18 Å². The molecule has 0 aliphatic heterocycles. The number of halogens is 1. The molecule has 1 aromatic heterocycles. The summed E-state index contributed by atoms with van der Waals surface area (Å²) in [5.41, 5.74) is 1.26. The van der Waals surface area contributed by atoms with Gasteiger partial charge in [-0.2, -0.15) is 0 Å². The SMILES string of the molecule is O=C(NCCc1cncnc1)c1cccc(F)c1. The summed E-state index contributed by atoms with van der Waals surface area (Å²) in [5, 5.41) is 2.71. The Balaban J connectivity index is 1.86. The van der Waals surface area contributed by atoms with Gasteiger partial charge in [0.15, 0.2) is 0 Å². The van der Waals surface area contributed by atoms with Crippen molar-refractivity contribution in [2.24, 2.45) is 0 Å². The molecule has 0 spiro atoms. The summed E-state index contributed by atoms with van der Waals surface area (Å²) >= 11 is 0. The van der Waals surface area contributed by atoms with Gasteiger partial charge >= 0.3 is 0 Å². The van der Waals surface area contributed by atoms with Crippen LogP contribution in [0.1, 0.15) is 15.9 Å². The Labute approximate surface area is 104 Å². The Bertz CT molecular complexity index is 531. The van der Waals surface area contributed by atoms with E-state index in [1.165, 1.54) is 24.5 Å². The van der Waals surface area contributed by atoms with E-state index in [1.54, 1.807) is 18.5 Å². The van der Waals surface area contributed by atoms with Gasteiger partial charge < -0.3 is 5.32 Å². The van der Waals surface area contributed by atoms with E-state index in [0.29, 0.717) is 18.5 Å². The van der Waals surface area contributed by atoms with Crippen LogP contribution in [-0.2, 0) is 6.42 Å². The molecule has 1 N–H and O–H groups in total. The predicted octanol–water partition coefficient (Wildman–Crippen LogP) is 1.59. The molecule has 5 heteroatoms. The van der Waals surface area contributed by atoms with Gasteiger partial charge in [0, 0.05) is 24.5 Å². The molecule has 0 aliphatic carbocycles. The van der Waals surface area contributed by atoms with Gasteiger partial charge in [-0.05, 0) is 30.2 Å². The van der Waals surface area contributed by atoms with Gasteiger partial charge in [-0.25, -0.2) is 14.4 Å². The van der Waals surface area contributed by atoms with E-state index in [9.17, 15) is 9.18 Å². The Morgan fingerprint density at radius 3 is 2.78 bits per heavy atom. The van der Waals surface area contributed by atoms with Crippen molar-refractivity contribution in [3.05, 3.63) is 59.9 Å². The van der Waals surface area contributed by atoms with E-state index in [-0.39, 0.29) is 5.91 Å². The lowest BCUT2D eigenvalue weighted by atomic mass is 10.2. The molecular weight excluding hydrogens is 233 g/mol. The molecule has 0 saturated heterocycles. The molecule has 0 radical (unpaired) electrons. The maximum atomic E-state index is 12.9. The number of aromatic nitrogens is 2. The van der Waals surface area contributed by atoms with E-state index < -0.39 is 5.82 Å². The number of amides is 1. The van der Waals surface area contributed by atoms with Gasteiger partial charge in [-0.15, -0.1) is 0 Å². The van der Waals surface area contributed by atoms with E-state index in [0.717, 1.165) is 5.56 Å². The van der Waals surface area contributed by atoms with Gasteiger partial charge in [0.05, 0.1) is 0 Å². The largest absolute Gasteiger partial charge is 0.352 e. The first-order valence-electron chi connectivity index (χ1n) is 5.53. The van der Waals surface area contributed by atoms with Crippen LogP contribution in [0, 0.1) is 5.82 Å². The van der Waals surface area contributed by atoms with Crippen molar-refractivity contribution >= 4 is 5.91 Å². The average Bonchev–Trinajstić information content (AvgIpc) is 2.40. The maximum Gasteiger partial charge on any atom is 0.251 e. The molecule has 0 fully saturated rings. The van der Waals surface area contributed by atoms with Gasteiger partial charge in [-0.3, -0.25) is 4.79 Å². The van der Waals surface area contributed by atoms with Crippen molar-refractivity contribution in [2.75, 3.05) is 6.54 Å². The Kier molecular flexibility index (Phi) is 3.96. The van der Waals surface area contributed by atoms with Crippen molar-refractivity contribution in [2.45, 2.75) is 6.42 Å². The maximum absolute atomic E-state index is 12.9. The molecule has 2 aromatic rings. The Hall–Kier alpha value is -2.30. The Morgan fingerprint density at radius 2 is 2.06 bits per heavy atom. The van der Waals surface area contributed by atoms with Crippen LogP contribution in [0.5, 0.6) is 0 Å². The van der Waals surface area contributed by atoms with E-state index >= 15 is 0 Å². The average molecular weight is 245 g/mol. The standard InChI is InChI=1S/C13H12FN3O/c14-12-3-1-2-11(6-12)13(18)17-5-4-10-7-15-9-16-8-10/h1-3,6-9H,4-5H2,(H,17,18). The first-order chi connectivity index (χ1) is 8.75. The minimum Gasteiger partial charge on any atom is -0.352 e. The van der Waals surface area contributed by atoms with E-state index in [4.69, 9.17) is 0 Å². The fourth-order valence-electron chi connectivity index (χ4n) is 1.51. The van der Waals surface area contributed by atoms with Crippen LogP contribution in [0.3, 0.4) is 0 Å². The normalized spacial score (nSPS) is 10.1. The van der Waals surface area contributed by atoms with Crippen molar-refractivity contribution in [3.8, 4) is 0 Å². The third kappa shape index (κ3) is 3.35. The highest BCUT2D eigenvalue weighted by Crippen LogP contribution is 2.03. The van der Waals surface area contributed by atoms with Gasteiger partial charge in [-0.1, -0.05) is 6.07 Å². The van der Waals surface area contributed by atoms with E-state index in [1.807, 2.05) is 0 Å². The van der Waals surface area contributed by atoms with Crippen LogP contribution in [0.25, 0.3) is 0 Å². The van der Waals surface area contributed by atoms with Gasteiger partial charge in [0.25, 0.3) is 5.91 Å². The number of carbonyl (C=O) groups excluding carboxylic acids is 1. The second-order valence-corrected chi connectivity index (χ2v) is 3.76. The highest BCUT2D eigenvalue weighted by molar-refractivity contribution is 5.94. The van der Waals surface area contributed by atoms with E-state index in [2.05, 4.69) is 15.3 Å². The topological polar surface area (TPSA) is 54.9 Å². The molecule has 0 saturated carbocycles. The second kappa shape index (κ2) is 5.86. The highest BCUT2D eigenvalue weighted by Gasteiger charge is 2.05. The molecule has 0 unspecified atom stereocenters. The molecular formula is C13H12FN3O. The number of benzene rings is 1. The molecule has 1 amide bonds. The predicted molar refractivity (Wildman–Crippen MR) is 64.5 cm³/mol. The Morgan fingerprint density at radius 1 is 1.28 bits per heavy atom. The zero-order valence-corrected chi connectivity index (χ0v) is 9.64. The van der Waals surface area contributed by atoms with Crippen molar-refractivity contribution in [1.29, 1.82) is 0 Å². The summed E-state index contributed by atoms with van der Waals surface area (Å²) in [6, 6.07) is 5.60. The number of hydrogen-bond donors (Lipinski definition) is 1. The van der Waals surface area contributed by atoms with Crippen LogP contribution in [0.2, 0.25) is 0 Å². The third-order valence-electron chi connectivity index (χ3n) is 2.40. The van der Waals surface area contributed by atoms with Crippen LogP contribution in [0.4, 0.5) is 4.39 Å². The molecule has 2 rings (SSSR count). The lowest BCUT2D eigenvalue weighted by Crippen LogP contribution is -2.25. The van der Waals surface area contributed by atoms with Crippen molar-refractivity contribution in [1.82, 2.24) is 15.3 Å². The van der Waals surface area contributed by atoms with Crippen molar-refractivity contribution in [3.63, 3.8) is 0 Å². The van der Waals surface area contributed by atoms with Gasteiger partial charge in [0.1, 0.15) is 12.1 Å². The highest BCUT2D eigenvalue weighted by atomic mass is 19.1. The zero-order chi connectivity index (χ0) is 12.8. The molecule has 0 bridgehead atoms. The molecule has 1 heterocycles.